The normalized spacial score (nSPS) is 11.6. The Hall–Kier alpha value is -5.28. The number of ether oxygens (including phenoxy) is 1. The van der Waals surface area contributed by atoms with Crippen LogP contribution in [0.4, 0.5) is 0 Å². The molecule has 2 aromatic heterocycles. The molecule has 0 N–H and O–H groups in total. The second-order valence-electron chi connectivity index (χ2n) is 9.78. The fourth-order valence-electron chi connectivity index (χ4n) is 5.96. The zero-order chi connectivity index (χ0) is 25.8. The molecule has 0 saturated heterocycles. The Morgan fingerprint density at radius 2 is 0.897 bits per heavy atom. The van der Waals surface area contributed by atoms with E-state index in [4.69, 9.17) is 4.74 Å². The van der Waals surface area contributed by atoms with Crippen molar-refractivity contribution in [1.82, 2.24) is 9.13 Å². The molecule has 0 aliphatic heterocycles. The smallest absolute Gasteiger partial charge is 0.139 e. The van der Waals surface area contributed by atoms with Crippen LogP contribution in [0.3, 0.4) is 0 Å². The molecule has 8 aromatic rings. The number of aromatic nitrogens is 2. The van der Waals surface area contributed by atoms with E-state index >= 15 is 0 Å². The quantitative estimate of drug-likeness (QED) is 0.235. The lowest BCUT2D eigenvalue weighted by Gasteiger charge is -2.13. The summed E-state index contributed by atoms with van der Waals surface area (Å²) in [6.07, 6.45) is 0. The van der Waals surface area contributed by atoms with Crippen molar-refractivity contribution in [2.24, 2.45) is 0 Å². The lowest BCUT2D eigenvalue weighted by Crippen LogP contribution is -1.96. The van der Waals surface area contributed by atoms with E-state index in [1.165, 1.54) is 21.7 Å². The predicted molar refractivity (Wildman–Crippen MR) is 162 cm³/mol. The fraction of sp³-hybridized carbons (Fsp3) is 0. The molecule has 0 aliphatic rings. The molecule has 3 nitrogen and oxygen atoms in total. The van der Waals surface area contributed by atoms with Crippen LogP contribution in [0.5, 0.6) is 11.5 Å². The summed E-state index contributed by atoms with van der Waals surface area (Å²) in [5, 5.41) is 4.71. The molecule has 0 aliphatic carbocycles. The van der Waals surface area contributed by atoms with E-state index in [1.807, 2.05) is 30.3 Å². The van der Waals surface area contributed by atoms with Gasteiger partial charge in [-0.05, 0) is 48.5 Å². The van der Waals surface area contributed by atoms with Crippen LogP contribution in [0, 0.1) is 0 Å². The summed E-state index contributed by atoms with van der Waals surface area (Å²) in [6.45, 7) is 0. The highest BCUT2D eigenvalue weighted by atomic mass is 16.5. The number of hydrogen-bond donors (Lipinski definition) is 0. The van der Waals surface area contributed by atoms with Crippen LogP contribution in [0.2, 0.25) is 0 Å². The van der Waals surface area contributed by atoms with E-state index in [1.54, 1.807) is 0 Å². The molecule has 0 spiro atoms. The Bertz CT molecular complexity index is 2120. The minimum Gasteiger partial charge on any atom is -0.457 e. The van der Waals surface area contributed by atoms with Crippen molar-refractivity contribution >= 4 is 43.6 Å². The molecule has 0 fully saturated rings. The van der Waals surface area contributed by atoms with Crippen molar-refractivity contribution in [3.8, 4) is 22.9 Å². The van der Waals surface area contributed by atoms with Crippen molar-refractivity contribution in [3.05, 3.63) is 146 Å². The molecular weight excluding hydrogens is 476 g/mol. The first kappa shape index (κ1) is 21.8. The van der Waals surface area contributed by atoms with Crippen LogP contribution in [-0.2, 0) is 0 Å². The molecule has 0 atom stereocenters. The minimum absolute atomic E-state index is 0.817. The molecule has 0 saturated carbocycles. The van der Waals surface area contributed by atoms with E-state index in [2.05, 4.69) is 124 Å². The summed E-state index contributed by atoms with van der Waals surface area (Å²) in [6, 6.07) is 50.8. The van der Waals surface area contributed by atoms with Gasteiger partial charge in [0.2, 0.25) is 0 Å². The van der Waals surface area contributed by atoms with E-state index in [0.29, 0.717) is 0 Å². The average molecular weight is 501 g/mol. The second-order valence-corrected chi connectivity index (χ2v) is 9.78. The van der Waals surface area contributed by atoms with Gasteiger partial charge in [-0.25, -0.2) is 0 Å². The number of para-hydroxylation sites is 5. The van der Waals surface area contributed by atoms with Gasteiger partial charge in [0.05, 0.1) is 27.5 Å². The number of nitrogens with zero attached hydrogens (tertiary/aromatic N) is 2. The molecule has 8 rings (SSSR count). The number of hydrogen-bond acceptors (Lipinski definition) is 1. The maximum atomic E-state index is 6.72. The molecule has 0 unspecified atom stereocenters. The topological polar surface area (TPSA) is 19.1 Å². The third-order valence-electron chi connectivity index (χ3n) is 7.54. The summed E-state index contributed by atoms with van der Waals surface area (Å²) >= 11 is 0. The van der Waals surface area contributed by atoms with Crippen LogP contribution in [0.25, 0.3) is 55.0 Å². The van der Waals surface area contributed by atoms with Gasteiger partial charge >= 0.3 is 0 Å². The van der Waals surface area contributed by atoms with Crippen LogP contribution in [0.1, 0.15) is 0 Å². The molecule has 6 aromatic carbocycles. The second kappa shape index (κ2) is 8.64. The first-order chi connectivity index (χ1) is 19.4. The largest absolute Gasteiger partial charge is 0.457 e. The Morgan fingerprint density at radius 1 is 0.410 bits per heavy atom. The molecular formula is C36H24N2O. The Balaban J connectivity index is 1.64. The first-order valence-electron chi connectivity index (χ1n) is 13.2. The zero-order valence-corrected chi connectivity index (χ0v) is 21.2. The van der Waals surface area contributed by atoms with Crippen LogP contribution in [-0.4, -0.2) is 9.13 Å². The third kappa shape index (κ3) is 3.30. The molecule has 39 heavy (non-hydrogen) atoms. The van der Waals surface area contributed by atoms with Crippen LogP contribution < -0.4 is 4.74 Å². The Labute approximate surface area is 225 Å². The van der Waals surface area contributed by atoms with Gasteiger partial charge in [-0.3, -0.25) is 0 Å². The highest BCUT2D eigenvalue weighted by Gasteiger charge is 2.24. The predicted octanol–water partition coefficient (Wildman–Crippen LogP) is 9.67. The van der Waals surface area contributed by atoms with E-state index in [-0.39, 0.29) is 0 Å². The van der Waals surface area contributed by atoms with Gasteiger partial charge in [0.1, 0.15) is 11.5 Å². The van der Waals surface area contributed by atoms with Gasteiger partial charge in [0, 0.05) is 33.6 Å². The molecule has 3 heteroatoms. The number of rotatable bonds is 4. The number of fused-ring (bicyclic) bond motifs is 7. The third-order valence-corrected chi connectivity index (χ3v) is 7.54. The summed E-state index contributed by atoms with van der Waals surface area (Å²) < 4.78 is 11.5. The van der Waals surface area contributed by atoms with Gasteiger partial charge < -0.3 is 13.9 Å². The molecule has 184 valence electrons. The van der Waals surface area contributed by atoms with Crippen molar-refractivity contribution in [2.75, 3.05) is 0 Å². The van der Waals surface area contributed by atoms with E-state index in [9.17, 15) is 0 Å². The zero-order valence-electron chi connectivity index (χ0n) is 21.2. The van der Waals surface area contributed by atoms with Crippen molar-refractivity contribution in [2.45, 2.75) is 0 Å². The maximum Gasteiger partial charge on any atom is 0.139 e. The van der Waals surface area contributed by atoms with E-state index in [0.717, 1.165) is 44.8 Å². The highest BCUT2D eigenvalue weighted by Crippen LogP contribution is 2.47. The fourth-order valence-corrected chi connectivity index (χ4v) is 5.96. The highest BCUT2D eigenvalue weighted by molar-refractivity contribution is 6.28. The minimum atomic E-state index is 0.817. The Kier molecular flexibility index (Phi) is 4.82. The van der Waals surface area contributed by atoms with Gasteiger partial charge in [-0.2, -0.15) is 0 Å². The first-order valence-corrected chi connectivity index (χ1v) is 13.2. The van der Waals surface area contributed by atoms with Crippen LogP contribution in [0.15, 0.2) is 146 Å². The number of benzene rings is 6. The average Bonchev–Trinajstić information content (AvgIpc) is 3.52. The monoisotopic (exact) mass is 500 g/mol. The lowest BCUT2D eigenvalue weighted by atomic mass is 10.1. The maximum absolute atomic E-state index is 6.72. The summed E-state index contributed by atoms with van der Waals surface area (Å²) in [4.78, 5) is 0. The molecule has 2 heterocycles. The molecule has 0 amide bonds. The van der Waals surface area contributed by atoms with Crippen LogP contribution >= 0.6 is 0 Å². The molecule has 0 bridgehead atoms. The SMILES string of the molecule is c1ccc(Oc2cc3c(c4ccccc4n3-c3ccccc3)c3c2c2ccccc2n3-c2ccccc2)cc1. The lowest BCUT2D eigenvalue weighted by molar-refractivity contribution is 0.489. The summed E-state index contributed by atoms with van der Waals surface area (Å²) in [5.74, 6) is 1.66. The van der Waals surface area contributed by atoms with Gasteiger partial charge in [-0.1, -0.05) is 91.0 Å². The van der Waals surface area contributed by atoms with Crippen molar-refractivity contribution in [1.29, 1.82) is 0 Å². The van der Waals surface area contributed by atoms with Gasteiger partial charge in [0.25, 0.3) is 0 Å². The van der Waals surface area contributed by atoms with E-state index < -0.39 is 0 Å². The van der Waals surface area contributed by atoms with Gasteiger partial charge in [0.15, 0.2) is 0 Å². The summed E-state index contributed by atoms with van der Waals surface area (Å²) in [5.41, 5.74) is 6.83. The van der Waals surface area contributed by atoms with Crippen molar-refractivity contribution < 1.29 is 4.74 Å². The van der Waals surface area contributed by atoms with Gasteiger partial charge in [-0.15, -0.1) is 0 Å². The standard InChI is InChI=1S/C36H24N2O/c1-4-14-25(15-5-1)37-30-22-12-10-20-28(30)34-32(37)24-33(39-27-18-8-3-9-19-27)35-29-21-11-13-23-31(29)38(36(34)35)26-16-6-2-7-17-26/h1-24H. The molecule has 0 radical (unpaired) electrons. The summed E-state index contributed by atoms with van der Waals surface area (Å²) in [7, 11) is 0. The van der Waals surface area contributed by atoms with Crippen molar-refractivity contribution in [3.63, 3.8) is 0 Å². The Morgan fingerprint density at radius 3 is 1.54 bits per heavy atom.